The Bertz CT molecular complexity index is 395. The third-order valence-corrected chi connectivity index (χ3v) is 3.69. The van der Waals surface area contributed by atoms with Gasteiger partial charge in [0.1, 0.15) is 5.82 Å². The highest BCUT2D eigenvalue weighted by Crippen LogP contribution is 2.24. The topological polar surface area (TPSA) is 21.3 Å². The standard InChI is InChI=1S/C14H21ClFNO/c1-5-17-12(14(2,3)18-4)9-10-7-6-8-11(16)13(10)15/h6-8,12,17H,5,9H2,1-4H3. The second-order valence-corrected chi connectivity index (χ2v) is 5.21. The van der Waals surface area contributed by atoms with Gasteiger partial charge in [-0.3, -0.25) is 0 Å². The lowest BCUT2D eigenvalue weighted by atomic mass is 9.92. The van der Waals surface area contributed by atoms with Crippen molar-refractivity contribution in [1.29, 1.82) is 0 Å². The zero-order valence-corrected chi connectivity index (χ0v) is 12.1. The number of likely N-dealkylation sites (N-methyl/N-ethyl adjacent to an activating group) is 1. The van der Waals surface area contributed by atoms with Crippen LogP contribution in [-0.4, -0.2) is 25.3 Å². The Morgan fingerprint density at radius 3 is 2.67 bits per heavy atom. The van der Waals surface area contributed by atoms with Crippen molar-refractivity contribution in [2.24, 2.45) is 0 Å². The molecule has 102 valence electrons. The summed E-state index contributed by atoms with van der Waals surface area (Å²) >= 11 is 5.99. The van der Waals surface area contributed by atoms with Crippen LogP contribution in [0.5, 0.6) is 0 Å². The molecule has 0 aliphatic rings. The second kappa shape index (κ2) is 6.50. The van der Waals surface area contributed by atoms with E-state index in [2.05, 4.69) is 5.32 Å². The summed E-state index contributed by atoms with van der Waals surface area (Å²) in [6, 6.07) is 4.97. The number of nitrogens with one attached hydrogen (secondary N) is 1. The summed E-state index contributed by atoms with van der Waals surface area (Å²) in [5, 5.41) is 3.56. The van der Waals surface area contributed by atoms with Crippen LogP contribution in [-0.2, 0) is 11.2 Å². The van der Waals surface area contributed by atoms with Crippen molar-refractivity contribution in [2.45, 2.75) is 38.8 Å². The third kappa shape index (κ3) is 3.67. The largest absolute Gasteiger partial charge is 0.377 e. The molecule has 18 heavy (non-hydrogen) atoms. The van der Waals surface area contributed by atoms with Crippen LogP contribution in [0.3, 0.4) is 0 Å². The summed E-state index contributed by atoms with van der Waals surface area (Å²) in [6.45, 7) is 6.87. The van der Waals surface area contributed by atoms with Crippen molar-refractivity contribution < 1.29 is 9.13 Å². The number of hydrogen-bond donors (Lipinski definition) is 1. The van der Waals surface area contributed by atoms with Gasteiger partial charge in [-0.25, -0.2) is 4.39 Å². The molecule has 1 N–H and O–H groups in total. The smallest absolute Gasteiger partial charge is 0.142 e. The molecule has 1 aromatic carbocycles. The average molecular weight is 274 g/mol. The first-order chi connectivity index (χ1) is 8.42. The maximum absolute atomic E-state index is 13.4. The van der Waals surface area contributed by atoms with Crippen LogP contribution in [0, 0.1) is 5.82 Å². The van der Waals surface area contributed by atoms with E-state index in [1.54, 1.807) is 13.2 Å². The highest BCUT2D eigenvalue weighted by Gasteiger charge is 2.29. The van der Waals surface area contributed by atoms with Crippen LogP contribution in [0.4, 0.5) is 4.39 Å². The fourth-order valence-electron chi connectivity index (χ4n) is 1.88. The summed E-state index contributed by atoms with van der Waals surface area (Å²) in [4.78, 5) is 0. The van der Waals surface area contributed by atoms with E-state index >= 15 is 0 Å². The third-order valence-electron chi connectivity index (χ3n) is 3.27. The van der Waals surface area contributed by atoms with Crippen LogP contribution < -0.4 is 5.32 Å². The van der Waals surface area contributed by atoms with Gasteiger partial charge in [-0.2, -0.15) is 0 Å². The Morgan fingerprint density at radius 1 is 1.44 bits per heavy atom. The van der Waals surface area contributed by atoms with Crippen molar-refractivity contribution in [3.63, 3.8) is 0 Å². The molecule has 1 atom stereocenters. The van der Waals surface area contributed by atoms with Crippen molar-refractivity contribution in [2.75, 3.05) is 13.7 Å². The van der Waals surface area contributed by atoms with Gasteiger partial charge in [0.2, 0.25) is 0 Å². The van der Waals surface area contributed by atoms with E-state index in [0.717, 1.165) is 12.1 Å². The van der Waals surface area contributed by atoms with Gasteiger partial charge in [0.05, 0.1) is 10.6 Å². The first kappa shape index (κ1) is 15.4. The van der Waals surface area contributed by atoms with E-state index < -0.39 is 0 Å². The van der Waals surface area contributed by atoms with Crippen LogP contribution in [0.25, 0.3) is 0 Å². The summed E-state index contributed by atoms with van der Waals surface area (Å²) in [5.74, 6) is -0.375. The Kier molecular flexibility index (Phi) is 5.57. The van der Waals surface area contributed by atoms with Gasteiger partial charge < -0.3 is 10.1 Å². The Labute approximate surface area is 113 Å². The number of hydrogen-bond acceptors (Lipinski definition) is 2. The van der Waals surface area contributed by atoms with Gasteiger partial charge in [0.25, 0.3) is 0 Å². The maximum atomic E-state index is 13.4. The number of halogens is 2. The molecular formula is C14H21ClFNO. The molecule has 0 spiro atoms. The van der Waals surface area contributed by atoms with E-state index in [1.165, 1.54) is 6.07 Å². The number of benzene rings is 1. The van der Waals surface area contributed by atoms with Crippen molar-refractivity contribution in [1.82, 2.24) is 5.32 Å². The lowest BCUT2D eigenvalue weighted by Crippen LogP contribution is -2.49. The fourth-order valence-corrected chi connectivity index (χ4v) is 2.08. The predicted molar refractivity (Wildman–Crippen MR) is 73.7 cm³/mol. The minimum absolute atomic E-state index is 0.0757. The lowest BCUT2D eigenvalue weighted by molar-refractivity contribution is -0.00961. The van der Waals surface area contributed by atoms with Crippen molar-refractivity contribution in [3.05, 3.63) is 34.6 Å². The molecule has 0 saturated heterocycles. The number of rotatable bonds is 6. The lowest BCUT2D eigenvalue weighted by Gasteiger charge is -2.34. The van der Waals surface area contributed by atoms with Gasteiger partial charge in [0, 0.05) is 13.2 Å². The Morgan fingerprint density at radius 2 is 2.11 bits per heavy atom. The monoisotopic (exact) mass is 273 g/mol. The van der Waals surface area contributed by atoms with E-state index in [4.69, 9.17) is 16.3 Å². The molecular weight excluding hydrogens is 253 g/mol. The van der Waals surface area contributed by atoms with Gasteiger partial charge in [0.15, 0.2) is 0 Å². The van der Waals surface area contributed by atoms with Crippen LogP contribution >= 0.6 is 11.6 Å². The predicted octanol–water partition coefficient (Wildman–Crippen LogP) is 3.42. The molecule has 0 saturated carbocycles. The van der Waals surface area contributed by atoms with Gasteiger partial charge in [-0.15, -0.1) is 0 Å². The molecule has 0 amide bonds. The molecule has 1 rings (SSSR count). The first-order valence-corrected chi connectivity index (χ1v) is 6.51. The summed E-state index contributed by atoms with van der Waals surface area (Å²) in [7, 11) is 1.68. The zero-order chi connectivity index (χ0) is 13.8. The number of ether oxygens (including phenoxy) is 1. The van der Waals surface area contributed by atoms with Crippen molar-refractivity contribution >= 4 is 11.6 Å². The summed E-state index contributed by atoms with van der Waals surface area (Å²) in [5.41, 5.74) is 0.457. The molecule has 1 unspecified atom stereocenters. The molecule has 0 aliphatic heterocycles. The molecule has 0 heterocycles. The molecule has 0 aliphatic carbocycles. The summed E-state index contributed by atoms with van der Waals surface area (Å²) in [6.07, 6.45) is 0.630. The Balaban J connectivity index is 2.93. The van der Waals surface area contributed by atoms with E-state index in [1.807, 2.05) is 26.8 Å². The normalized spacial score (nSPS) is 13.7. The second-order valence-electron chi connectivity index (χ2n) is 4.83. The summed E-state index contributed by atoms with van der Waals surface area (Å²) < 4.78 is 18.9. The van der Waals surface area contributed by atoms with Crippen LogP contribution in [0.15, 0.2) is 18.2 Å². The molecule has 1 aromatic rings. The van der Waals surface area contributed by atoms with E-state index in [-0.39, 0.29) is 22.5 Å². The quantitative estimate of drug-likeness (QED) is 0.857. The first-order valence-electron chi connectivity index (χ1n) is 6.13. The zero-order valence-electron chi connectivity index (χ0n) is 11.4. The van der Waals surface area contributed by atoms with Gasteiger partial charge in [-0.1, -0.05) is 30.7 Å². The molecule has 4 heteroatoms. The fraction of sp³-hybridized carbons (Fsp3) is 0.571. The molecule has 0 fully saturated rings. The van der Waals surface area contributed by atoms with Gasteiger partial charge in [-0.05, 0) is 38.4 Å². The minimum Gasteiger partial charge on any atom is -0.377 e. The molecule has 2 nitrogen and oxygen atoms in total. The Hall–Kier alpha value is -0.640. The van der Waals surface area contributed by atoms with Gasteiger partial charge >= 0.3 is 0 Å². The average Bonchev–Trinajstić information content (AvgIpc) is 2.34. The highest BCUT2D eigenvalue weighted by atomic mass is 35.5. The van der Waals surface area contributed by atoms with Crippen LogP contribution in [0.1, 0.15) is 26.3 Å². The minimum atomic E-state index is -0.375. The van der Waals surface area contributed by atoms with Crippen molar-refractivity contribution in [3.8, 4) is 0 Å². The van der Waals surface area contributed by atoms with E-state index in [9.17, 15) is 4.39 Å². The van der Waals surface area contributed by atoms with Crippen LogP contribution in [0.2, 0.25) is 5.02 Å². The SMILES string of the molecule is CCNC(Cc1cccc(F)c1Cl)C(C)(C)OC. The number of methoxy groups -OCH3 is 1. The maximum Gasteiger partial charge on any atom is 0.142 e. The van der Waals surface area contributed by atoms with E-state index in [0.29, 0.717) is 6.42 Å². The molecule has 0 radical (unpaired) electrons. The molecule has 0 bridgehead atoms. The molecule has 0 aromatic heterocycles. The highest BCUT2D eigenvalue weighted by molar-refractivity contribution is 6.31.